The summed E-state index contributed by atoms with van der Waals surface area (Å²) < 4.78 is 34.8. The second-order valence-electron chi connectivity index (χ2n) is 11.4. The van der Waals surface area contributed by atoms with Crippen molar-refractivity contribution in [2.45, 2.75) is 84.2 Å². The van der Waals surface area contributed by atoms with E-state index in [1.807, 2.05) is 53.3 Å². The molecule has 1 aliphatic rings. The number of carbonyl (C=O) groups excluding carboxylic acids is 3. The van der Waals surface area contributed by atoms with E-state index >= 15 is 0 Å². The quantitative estimate of drug-likeness (QED) is 0.144. The Morgan fingerprint density at radius 3 is 2.44 bits per heavy atom. The van der Waals surface area contributed by atoms with Gasteiger partial charge in [-0.3, -0.25) is 14.4 Å². The van der Waals surface area contributed by atoms with Crippen LogP contribution in [0, 0.1) is 5.92 Å². The first-order valence-corrected chi connectivity index (χ1v) is 18.0. The molecule has 13 heteroatoms. The summed E-state index contributed by atoms with van der Waals surface area (Å²) >= 11 is 1.54. The molecule has 0 radical (unpaired) electrons. The molecule has 1 aromatic carbocycles. The summed E-state index contributed by atoms with van der Waals surface area (Å²) in [5.74, 6) is -0.732. The van der Waals surface area contributed by atoms with Crippen molar-refractivity contribution in [3.05, 3.63) is 53.0 Å². The third kappa shape index (κ3) is 10.7. The first-order chi connectivity index (χ1) is 21.1. The maximum Gasteiger partial charge on any atom is 1.00 e. The number of rotatable bonds is 15. The van der Waals surface area contributed by atoms with Crippen molar-refractivity contribution in [1.29, 1.82) is 0 Å². The summed E-state index contributed by atoms with van der Waals surface area (Å²) in [4.78, 5) is 41.5. The van der Waals surface area contributed by atoms with E-state index in [0.29, 0.717) is 57.3 Å². The molecule has 3 amide bonds. The number of nitrogens with one attached hydrogen (secondary N) is 2. The smallest absolute Gasteiger partial charge is 0.748 e. The maximum absolute atomic E-state index is 13.6. The Morgan fingerprint density at radius 1 is 1.02 bits per heavy atom. The van der Waals surface area contributed by atoms with Crippen LogP contribution in [0.4, 0.5) is 5.69 Å². The molecule has 2 heterocycles. The number of amides is 3. The van der Waals surface area contributed by atoms with Crippen molar-refractivity contribution in [2.75, 3.05) is 23.7 Å². The Morgan fingerprint density at radius 2 is 1.76 bits per heavy atom. The van der Waals surface area contributed by atoms with Crippen molar-refractivity contribution in [1.82, 2.24) is 15.2 Å². The first-order valence-electron chi connectivity index (χ1n) is 15.6. The van der Waals surface area contributed by atoms with Gasteiger partial charge in [0.1, 0.15) is 12.2 Å². The number of anilines is 1. The summed E-state index contributed by atoms with van der Waals surface area (Å²) in [6.45, 7) is 5.13. The number of hydrogen-bond donors (Lipinski definition) is 2. The number of aryl methyl sites for hydroxylation is 1. The van der Waals surface area contributed by atoms with E-state index in [9.17, 15) is 27.4 Å². The zero-order valence-corrected chi connectivity index (χ0v) is 30.2. The molecule has 0 unspecified atom stereocenters. The van der Waals surface area contributed by atoms with Gasteiger partial charge in [0, 0.05) is 36.5 Å². The van der Waals surface area contributed by atoms with Gasteiger partial charge in [0.25, 0.3) is 5.91 Å². The van der Waals surface area contributed by atoms with Crippen LogP contribution >= 0.6 is 11.3 Å². The Balaban J connectivity index is 0.00000552. The number of benzene rings is 1. The minimum Gasteiger partial charge on any atom is -0.748 e. The van der Waals surface area contributed by atoms with Gasteiger partial charge in [-0.05, 0) is 87.1 Å². The molecular weight excluding hydrogens is 623 g/mol. The van der Waals surface area contributed by atoms with Crippen LogP contribution in [0.1, 0.15) is 81.3 Å². The average molecular weight is 667 g/mol. The van der Waals surface area contributed by atoms with E-state index in [1.165, 1.54) is 11.3 Å². The molecule has 10 nitrogen and oxygen atoms in total. The number of hydrogen-bond acceptors (Lipinski definition) is 7. The Kier molecular flexibility index (Phi) is 14.6. The molecule has 0 aliphatic heterocycles. The summed E-state index contributed by atoms with van der Waals surface area (Å²) in [6.07, 6.45) is 6.09. The van der Waals surface area contributed by atoms with E-state index in [-0.39, 0.29) is 71.5 Å². The van der Waals surface area contributed by atoms with Crippen molar-refractivity contribution in [3.8, 4) is 0 Å². The standard InChI is InChI=1S/C32H44N4O6S2.Na/c1-3-23-10-9-11-26(20-23)35(4-2)30(37)22-36-27-16-18-43-29(27)21-28(36)32(39)34-25-14-12-24(13-15-25)31(38)33-17-7-5-6-8-19-44(40,41)42;/h9-11,16,18,20-21,24-25H,3-8,12-15,17,19,22H2,1-2H3,(H,33,38)(H,34,39)(H,40,41,42);/q;+1/p-1. The summed E-state index contributed by atoms with van der Waals surface area (Å²) in [5.41, 5.74) is 3.34. The SMILES string of the molecule is CCc1cccc(N(CC)C(=O)Cn2c(C(=O)NC3CCC(C(=O)NCCCCCCS(=O)(=O)[O-])CC3)cc3sccc32)c1.[Na+]. The van der Waals surface area contributed by atoms with E-state index in [1.54, 1.807) is 4.90 Å². The molecule has 1 aliphatic carbocycles. The monoisotopic (exact) mass is 666 g/mol. The van der Waals surface area contributed by atoms with Crippen LogP contribution in [0.15, 0.2) is 41.8 Å². The summed E-state index contributed by atoms with van der Waals surface area (Å²) in [6, 6.07) is 11.7. The predicted octanol–water partition coefficient (Wildman–Crippen LogP) is 1.83. The number of unbranched alkanes of at least 4 members (excludes halogenated alkanes) is 3. The fourth-order valence-corrected chi connectivity index (χ4v) is 7.26. The Bertz CT molecular complexity index is 1550. The topological polar surface area (TPSA) is 141 Å². The van der Waals surface area contributed by atoms with E-state index < -0.39 is 10.1 Å². The van der Waals surface area contributed by atoms with Gasteiger partial charge in [-0.25, -0.2) is 8.42 Å². The average Bonchev–Trinajstić information content (AvgIpc) is 3.59. The van der Waals surface area contributed by atoms with Crippen LogP contribution in [0.2, 0.25) is 0 Å². The van der Waals surface area contributed by atoms with Crippen LogP contribution in [-0.4, -0.2) is 60.1 Å². The van der Waals surface area contributed by atoms with Crippen molar-refractivity contribution < 1.29 is 56.9 Å². The van der Waals surface area contributed by atoms with Gasteiger partial charge >= 0.3 is 29.6 Å². The van der Waals surface area contributed by atoms with Crippen LogP contribution in [0.25, 0.3) is 10.2 Å². The summed E-state index contributed by atoms with van der Waals surface area (Å²) in [5, 5.41) is 8.08. The van der Waals surface area contributed by atoms with Gasteiger partial charge in [-0.2, -0.15) is 0 Å². The molecule has 45 heavy (non-hydrogen) atoms. The fourth-order valence-electron chi connectivity index (χ4n) is 5.88. The van der Waals surface area contributed by atoms with Crippen LogP contribution in [0.3, 0.4) is 0 Å². The van der Waals surface area contributed by atoms with E-state index in [0.717, 1.165) is 40.7 Å². The first kappa shape index (κ1) is 37.2. The van der Waals surface area contributed by atoms with Crippen molar-refractivity contribution >= 4 is 55.1 Å². The number of likely N-dealkylation sites (N-methyl/N-ethyl adjacent to an activating group) is 1. The van der Waals surface area contributed by atoms with Crippen molar-refractivity contribution in [2.24, 2.45) is 5.92 Å². The molecule has 0 bridgehead atoms. The molecule has 1 fully saturated rings. The molecular formula is C32H43N4NaO6S2. The van der Waals surface area contributed by atoms with Crippen LogP contribution < -0.4 is 45.1 Å². The van der Waals surface area contributed by atoms with Gasteiger partial charge in [0.2, 0.25) is 11.8 Å². The molecule has 0 atom stereocenters. The third-order valence-electron chi connectivity index (χ3n) is 8.35. The zero-order chi connectivity index (χ0) is 31.7. The largest absolute Gasteiger partial charge is 1.00 e. The molecule has 240 valence electrons. The van der Waals surface area contributed by atoms with Gasteiger partial charge < -0.3 is 24.7 Å². The van der Waals surface area contributed by atoms with Crippen molar-refractivity contribution in [3.63, 3.8) is 0 Å². The van der Waals surface area contributed by atoms with Gasteiger partial charge in [0.05, 0.1) is 20.3 Å². The number of thiophene rings is 1. The number of fused-ring (bicyclic) bond motifs is 1. The number of aromatic nitrogens is 1. The van der Waals surface area contributed by atoms with Crippen LogP contribution in [-0.2, 0) is 32.7 Å². The predicted molar refractivity (Wildman–Crippen MR) is 173 cm³/mol. The van der Waals surface area contributed by atoms with Gasteiger partial charge in [-0.1, -0.05) is 31.9 Å². The Hall–Kier alpha value is -2.22. The molecule has 1 saturated carbocycles. The third-order valence-corrected chi connectivity index (χ3v) is 9.99. The molecule has 3 aromatic rings. The minimum atomic E-state index is -4.16. The second-order valence-corrected chi connectivity index (χ2v) is 13.9. The molecule has 0 spiro atoms. The molecule has 0 saturated heterocycles. The minimum absolute atomic E-state index is 0. The number of nitrogens with zero attached hydrogens (tertiary/aromatic N) is 2. The maximum atomic E-state index is 13.6. The zero-order valence-electron chi connectivity index (χ0n) is 26.5. The number of carbonyl (C=O) groups is 3. The Labute approximate surface area is 292 Å². The van der Waals surface area contributed by atoms with E-state index in [4.69, 9.17) is 0 Å². The summed E-state index contributed by atoms with van der Waals surface area (Å²) in [7, 11) is -4.16. The van der Waals surface area contributed by atoms with Gasteiger partial charge in [-0.15, -0.1) is 11.3 Å². The second kappa shape index (κ2) is 17.6. The van der Waals surface area contributed by atoms with E-state index in [2.05, 4.69) is 17.6 Å². The molecule has 2 aromatic heterocycles. The van der Waals surface area contributed by atoms with Gasteiger partial charge in [0.15, 0.2) is 0 Å². The molecule has 4 rings (SSSR count). The fraction of sp³-hybridized carbons (Fsp3) is 0.531. The normalized spacial score (nSPS) is 16.6. The van der Waals surface area contributed by atoms with Crippen LogP contribution in [0.5, 0.6) is 0 Å². The molecule has 2 N–H and O–H groups in total.